The molecule has 0 unspecified atom stereocenters. The molecule has 5 heteroatoms. The van der Waals surface area contributed by atoms with Crippen molar-refractivity contribution in [1.29, 1.82) is 0 Å². The Morgan fingerprint density at radius 2 is 1.92 bits per heavy atom. The van der Waals surface area contributed by atoms with Gasteiger partial charge in [0.2, 0.25) is 11.8 Å². The van der Waals surface area contributed by atoms with Gasteiger partial charge in [-0.2, -0.15) is 0 Å². The summed E-state index contributed by atoms with van der Waals surface area (Å²) in [6, 6.07) is 9.95. The summed E-state index contributed by atoms with van der Waals surface area (Å²) >= 11 is 1.76. The average molecular weight is 371 g/mol. The van der Waals surface area contributed by atoms with Crippen LogP contribution >= 0.6 is 11.3 Å². The molecule has 26 heavy (non-hydrogen) atoms. The molecule has 0 fully saturated rings. The Hall–Kier alpha value is -2.14. The molecule has 1 aliphatic rings. The molecule has 1 aromatic carbocycles. The summed E-state index contributed by atoms with van der Waals surface area (Å²) in [7, 11) is 0. The van der Waals surface area contributed by atoms with Gasteiger partial charge >= 0.3 is 0 Å². The van der Waals surface area contributed by atoms with Crippen LogP contribution in [0.4, 0.5) is 5.69 Å². The third kappa shape index (κ3) is 4.33. The molecule has 4 nitrogen and oxygen atoms in total. The maximum Gasteiger partial charge on any atom is 0.224 e. The topological polar surface area (TPSA) is 49.4 Å². The fourth-order valence-corrected chi connectivity index (χ4v) is 4.19. The lowest BCUT2D eigenvalue weighted by Gasteiger charge is -2.27. The van der Waals surface area contributed by atoms with E-state index in [1.165, 1.54) is 10.4 Å². The molecule has 3 rings (SSSR count). The Bertz CT molecular complexity index is 804. The molecule has 0 spiro atoms. The second-order valence-corrected chi connectivity index (χ2v) is 8.78. The minimum atomic E-state index is -0.108. The van der Waals surface area contributed by atoms with Crippen molar-refractivity contribution in [3.05, 3.63) is 51.7 Å². The Balaban J connectivity index is 1.54. The van der Waals surface area contributed by atoms with Crippen molar-refractivity contribution in [1.82, 2.24) is 4.90 Å². The number of fused-ring (bicyclic) bond motifs is 1. The molecule has 2 heterocycles. The number of benzene rings is 1. The zero-order chi connectivity index (χ0) is 18.7. The van der Waals surface area contributed by atoms with E-state index < -0.39 is 0 Å². The number of carbonyl (C=O) groups is 2. The van der Waals surface area contributed by atoms with Gasteiger partial charge in [-0.1, -0.05) is 39.0 Å². The zero-order valence-electron chi connectivity index (χ0n) is 15.7. The van der Waals surface area contributed by atoms with Gasteiger partial charge in [-0.15, -0.1) is 11.3 Å². The number of nitrogens with zero attached hydrogens (tertiary/aromatic N) is 1. The minimum absolute atomic E-state index is 0.0499. The number of anilines is 1. The molecular formula is C21H26N2O2S. The maximum absolute atomic E-state index is 12.5. The number of carbonyl (C=O) groups excluding carboxylic acids is 2. The summed E-state index contributed by atoms with van der Waals surface area (Å²) in [5.41, 5.74) is 3.13. The summed E-state index contributed by atoms with van der Waals surface area (Å²) in [6.45, 7) is 7.79. The molecule has 0 radical (unpaired) electrons. The third-order valence-corrected chi connectivity index (χ3v) is 5.76. The highest BCUT2D eigenvalue weighted by atomic mass is 32.1. The van der Waals surface area contributed by atoms with E-state index in [-0.39, 0.29) is 30.1 Å². The predicted molar refractivity (Wildman–Crippen MR) is 106 cm³/mol. The summed E-state index contributed by atoms with van der Waals surface area (Å²) in [4.78, 5) is 28.1. The zero-order valence-corrected chi connectivity index (χ0v) is 16.5. The highest BCUT2D eigenvalue weighted by molar-refractivity contribution is 7.10. The minimum Gasteiger partial charge on any atom is -0.338 e. The molecule has 0 aliphatic carbocycles. The van der Waals surface area contributed by atoms with Crippen LogP contribution in [-0.4, -0.2) is 23.3 Å². The van der Waals surface area contributed by atoms with Crippen molar-refractivity contribution in [2.45, 2.75) is 52.0 Å². The first-order valence-electron chi connectivity index (χ1n) is 9.07. The molecule has 2 aromatic rings. The molecule has 1 N–H and O–H groups in total. The van der Waals surface area contributed by atoms with Crippen LogP contribution in [0.25, 0.3) is 0 Å². The van der Waals surface area contributed by atoms with Gasteiger partial charge in [-0.25, -0.2) is 0 Å². The molecule has 0 atom stereocenters. The van der Waals surface area contributed by atoms with Crippen LogP contribution in [0.1, 0.15) is 49.6 Å². The SMILES string of the molecule is CC(C)(C)c1ccccc1NC(=O)CCC(=O)N1CCc2sccc2C1. The highest BCUT2D eigenvalue weighted by Gasteiger charge is 2.22. The molecule has 0 bridgehead atoms. The molecule has 0 saturated heterocycles. The largest absolute Gasteiger partial charge is 0.338 e. The van der Waals surface area contributed by atoms with E-state index in [1.54, 1.807) is 11.3 Å². The quantitative estimate of drug-likeness (QED) is 0.870. The van der Waals surface area contributed by atoms with E-state index in [2.05, 4.69) is 37.5 Å². The number of thiophene rings is 1. The van der Waals surface area contributed by atoms with E-state index in [0.717, 1.165) is 24.2 Å². The Morgan fingerprint density at radius 1 is 1.15 bits per heavy atom. The third-order valence-electron chi connectivity index (χ3n) is 4.74. The van der Waals surface area contributed by atoms with Crippen LogP contribution in [0, 0.1) is 0 Å². The first kappa shape index (κ1) is 18.6. The number of amides is 2. The highest BCUT2D eigenvalue weighted by Crippen LogP contribution is 2.29. The van der Waals surface area contributed by atoms with Gasteiger partial charge in [0, 0.05) is 36.5 Å². The molecule has 1 aromatic heterocycles. The number of hydrogen-bond donors (Lipinski definition) is 1. The number of para-hydroxylation sites is 1. The van der Waals surface area contributed by atoms with Gasteiger partial charge in [-0.05, 0) is 40.5 Å². The summed E-state index contributed by atoms with van der Waals surface area (Å²) in [5.74, 6) is -0.0515. The van der Waals surface area contributed by atoms with Crippen LogP contribution in [0.3, 0.4) is 0 Å². The van der Waals surface area contributed by atoms with Crippen LogP contribution in [0.15, 0.2) is 35.7 Å². The standard InChI is InChI=1S/C21H26N2O2S/c1-21(2,3)16-6-4-5-7-17(16)22-19(24)8-9-20(25)23-12-10-18-15(14-23)11-13-26-18/h4-7,11,13H,8-10,12,14H2,1-3H3,(H,22,24). The smallest absolute Gasteiger partial charge is 0.224 e. The van der Waals surface area contributed by atoms with Crippen molar-refractivity contribution >= 4 is 28.8 Å². The Kier molecular flexibility index (Phi) is 5.47. The molecular weight excluding hydrogens is 344 g/mol. The lowest BCUT2D eigenvalue weighted by molar-refractivity contribution is -0.133. The van der Waals surface area contributed by atoms with Crippen molar-refractivity contribution < 1.29 is 9.59 Å². The number of hydrogen-bond acceptors (Lipinski definition) is 3. The van der Waals surface area contributed by atoms with Crippen LogP contribution in [0.5, 0.6) is 0 Å². The van der Waals surface area contributed by atoms with E-state index in [1.807, 2.05) is 29.2 Å². The van der Waals surface area contributed by atoms with Gasteiger partial charge in [0.25, 0.3) is 0 Å². The normalized spacial score (nSPS) is 14.0. The fraction of sp³-hybridized carbons (Fsp3) is 0.429. The first-order valence-corrected chi connectivity index (χ1v) is 9.95. The predicted octanol–water partition coefficient (Wildman–Crippen LogP) is 4.35. The Labute approximate surface area is 159 Å². The number of rotatable bonds is 4. The Morgan fingerprint density at radius 3 is 2.69 bits per heavy atom. The lowest BCUT2D eigenvalue weighted by Crippen LogP contribution is -2.35. The van der Waals surface area contributed by atoms with E-state index in [4.69, 9.17) is 0 Å². The lowest BCUT2D eigenvalue weighted by atomic mass is 9.86. The van der Waals surface area contributed by atoms with Gasteiger partial charge in [0.05, 0.1) is 0 Å². The summed E-state index contributed by atoms with van der Waals surface area (Å²) in [6.07, 6.45) is 1.39. The monoisotopic (exact) mass is 370 g/mol. The maximum atomic E-state index is 12.5. The first-order chi connectivity index (χ1) is 12.3. The van der Waals surface area contributed by atoms with Gasteiger partial charge < -0.3 is 10.2 Å². The van der Waals surface area contributed by atoms with Gasteiger partial charge in [0.1, 0.15) is 0 Å². The van der Waals surface area contributed by atoms with E-state index >= 15 is 0 Å². The van der Waals surface area contributed by atoms with Gasteiger partial charge in [-0.3, -0.25) is 9.59 Å². The van der Waals surface area contributed by atoms with Crippen molar-refractivity contribution in [2.24, 2.45) is 0 Å². The van der Waals surface area contributed by atoms with E-state index in [9.17, 15) is 9.59 Å². The molecule has 0 saturated carbocycles. The van der Waals surface area contributed by atoms with E-state index in [0.29, 0.717) is 6.54 Å². The average Bonchev–Trinajstić information content (AvgIpc) is 3.07. The fourth-order valence-electron chi connectivity index (χ4n) is 3.30. The van der Waals surface area contributed by atoms with Crippen molar-refractivity contribution in [3.63, 3.8) is 0 Å². The van der Waals surface area contributed by atoms with Crippen molar-refractivity contribution in [2.75, 3.05) is 11.9 Å². The second kappa shape index (κ2) is 7.62. The second-order valence-electron chi connectivity index (χ2n) is 7.78. The van der Waals surface area contributed by atoms with Crippen molar-refractivity contribution in [3.8, 4) is 0 Å². The number of nitrogens with one attached hydrogen (secondary N) is 1. The van der Waals surface area contributed by atoms with Crippen LogP contribution < -0.4 is 5.32 Å². The summed E-state index contributed by atoms with van der Waals surface area (Å²) in [5, 5.41) is 5.06. The molecule has 1 aliphatic heterocycles. The molecule has 138 valence electrons. The van der Waals surface area contributed by atoms with Crippen LogP contribution in [0.2, 0.25) is 0 Å². The summed E-state index contributed by atoms with van der Waals surface area (Å²) < 4.78 is 0. The van der Waals surface area contributed by atoms with Crippen LogP contribution in [-0.2, 0) is 28.0 Å². The van der Waals surface area contributed by atoms with Gasteiger partial charge in [0.15, 0.2) is 0 Å². The molecule has 2 amide bonds.